The van der Waals surface area contributed by atoms with Crippen molar-refractivity contribution in [3.05, 3.63) is 90.4 Å². The number of alkyl halides is 3. The Morgan fingerprint density at radius 3 is 2.31 bits per heavy atom. The van der Waals surface area contributed by atoms with E-state index in [9.17, 15) is 22.8 Å². The smallest absolute Gasteiger partial charge is 0.416 e. The minimum atomic E-state index is -4.64. The highest BCUT2D eigenvalue weighted by Crippen LogP contribution is 2.45. The van der Waals surface area contributed by atoms with Gasteiger partial charge in [0.05, 0.1) is 42.3 Å². The number of imidazole rings is 1. The summed E-state index contributed by atoms with van der Waals surface area (Å²) in [5, 5.41) is 0. The predicted octanol–water partition coefficient (Wildman–Crippen LogP) is 5.93. The molecule has 1 aliphatic rings. The Hall–Kier alpha value is -4.60. The first-order valence-electron chi connectivity index (χ1n) is 12.2. The Morgan fingerprint density at radius 2 is 1.69 bits per heavy atom. The number of carbonyl (C=O) groups is 2. The number of benzene rings is 3. The molecule has 1 aromatic heterocycles. The van der Waals surface area contributed by atoms with Crippen molar-refractivity contribution in [1.82, 2.24) is 9.55 Å². The fraction of sp³-hybridized carbons (Fsp3) is 0.207. The Labute approximate surface area is 223 Å². The monoisotopic (exact) mass is 534 g/mol. The van der Waals surface area contributed by atoms with Gasteiger partial charge in [-0.1, -0.05) is 18.2 Å². The number of halogens is 3. The first-order valence-corrected chi connectivity index (χ1v) is 12.2. The van der Waals surface area contributed by atoms with Gasteiger partial charge in [-0.05, 0) is 55.5 Å². The van der Waals surface area contributed by atoms with Crippen molar-refractivity contribution in [1.29, 1.82) is 0 Å². The van der Waals surface area contributed by atoms with Gasteiger partial charge in [0, 0.05) is 30.4 Å². The molecule has 0 aliphatic carbocycles. The van der Waals surface area contributed by atoms with Crippen LogP contribution in [0.15, 0.2) is 79.3 Å². The third kappa shape index (κ3) is 4.52. The van der Waals surface area contributed by atoms with Crippen molar-refractivity contribution in [2.24, 2.45) is 7.05 Å². The van der Waals surface area contributed by atoms with Gasteiger partial charge in [-0.3, -0.25) is 14.5 Å². The summed E-state index contributed by atoms with van der Waals surface area (Å²) in [6.45, 7) is 1.84. The number of hydrogen-bond donors (Lipinski definition) is 0. The molecule has 1 atom stereocenters. The highest BCUT2D eigenvalue weighted by molar-refractivity contribution is 6.23. The van der Waals surface area contributed by atoms with Crippen LogP contribution >= 0.6 is 0 Å². The number of para-hydroxylation sites is 1. The van der Waals surface area contributed by atoms with Crippen LogP contribution in [0.25, 0.3) is 11.3 Å². The number of aryl methyl sites for hydroxylation is 1. The van der Waals surface area contributed by atoms with E-state index >= 15 is 0 Å². The minimum absolute atomic E-state index is 0.0273. The van der Waals surface area contributed by atoms with Crippen LogP contribution in [0, 0.1) is 0 Å². The molecule has 7 nitrogen and oxygen atoms in total. The number of likely N-dealkylation sites (N-methyl/N-ethyl adjacent to an activating group) is 1. The Balaban J connectivity index is 1.77. The summed E-state index contributed by atoms with van der Waals surface area (Å²) in [5.74, 6) is -2.35. The van der Waals surface area contributed by atoms with Gasteiger partial charge < -0.3 is 14.2 Å². The number of aromatic nitrogens is 2. The molecule has 2 heterocycles. The average molecular weight is 535 g/mol. The maximum absolute atomic E-state index is 14.4. The number of fused-ring (bicyclic) bond motifs is 1. The van der Waals surface area contributed by atoms with E-state index in [0.29, 0.717) is 22.6 Å². The number of anilines is 3. The highest BCUT2D eigenvalue weighted by atomic mass is 19.4. The molecule has 0 fully saturated rings. The molecule has 1 unspecified atom stereocenters. The van der Waals surface area contributed by atoms with Crippen LogP contribution < -0.4 is 14.5 Å². The van der Waals surface area contributed by atoms with Crippen LogP contribution in [0.5, 0.6) is 5.75 Å². The van der Waals surface area contributed by atoms with Gasteiger partial charge in [0.15, 0.2) is 0 Å². The van der Waals surface area contributed by atoms with Crippen LogP contribution in [0.1, 0.15) is 24.0 Å². The number of methoxy groups -OCH3 is 1. The number of carbonyl (C=O) groups excluding carboxylic acids is 2. The first kappa shape index (κ1) is 26.0. The number of hydrogen-bond acceptors (Lipinski definition) is 4. The van der Waals surface area contributed by atoms with Gasteiger partial charge in [-0.25, -0.2) is 4.98 Å². The lowest BCUT2D eigenvalue weighted by Gasteiger charge is -2.26. The molecule has 2 amide bonds. The molecule has 0 spiro atoms. The average Bonchev–Trinajstić information content (AvgIpc) is 3.32. The summed E-state index contributed by atoms with van der Waals surface area (Å²) < 4.78 is 48.7. The molecular formula is C29H25F3N4O3. The van der Waals surface area contributed by atoms with Crippen LogP contribution in [-0.2, 0) is 22.8 Å². The SMILES string of the molecule is CCN1C(=O)C(c2cc(-c3cncn3C)ccc2OC)C(=O)N(c2ccccc2)c2cc(C(F)(F)F)ccc21. The molecule has 4 aromatic rings. The summed E-state index contributed by atoms with van der Waals surface area (Å²) in [4.78, 5) is 35.2. The first-order chi connectivity index (χ1) is 18.7. The van der Waals surface area contributed by atoms with Crippen molar-refractivity contribution in [2.45, 2.75) is 19.0 Å². The second-order valence-corrected chi connectivity index (χ2v) is 9.07. The molecule has 0 saturated carbocycles. The number of rotatable bonds is 5. The quantitative estimate of drug-likeness (QED) is 0.298. The number of nitrogens with zero attached hydrogens (tertiary/aromatic N) is 4. The summed E-state index contributed by atoms with van der Waals surface area (Å²) in [6, 6.07) is 16.6. The van der Waals surface area contributed by atoms with E-state index in [1.165, 1.54) is 23.0 Å². The van der Waals surface area contributed by atoms with E-state index in [1.807, 2.05) is 7.05 Å². The van der Waals surface area contributed by atoms with E-state index < -0.39 is 29.5 Å². The summed E-state index contributed by atoms with van der Waals surface area (Å²) in [7, 11) is 3.25. The second kappa shape index (κ2) is 9.94. The van der Waals surface area contributed by atoms with Gasteiger partial charge in [0.25, 0.3) is 0 Å². The lowest BCUT2D eigenvalue weighted by molar-refractivity contribution is -0.137. The lowest BCUT2D eigenvalue weighted by atomic mass is 9.92. The molecule has 1 aliphatic heterocycles. The van der Waals surface area contributed by atoms with Gasteiger partial charge in [0.2, 0.25) is 11.8 Å². The van der Waals surface area contributed by atoms with Gasteiger partial charge in [-0.15, -0.1) is 0 Å². The lowest BCUT2D eigenvalue weighted by Crippen LogP contribution is -2.39. The van der Waals surface area contributed by atoms with Crippen molar-refractivity contribution in [3.8, 4) is 17.0 Å². The van der Waals surface area contributed by atoms with Crippen LogP contribution in [0.4, 0.5) is 30.2 Å². The zero-order valence-corrected chi connectivity index (χ0v) is 21.4. The molecule has 10 heteroatoms. The summed E-state index contributed by atoms with van der Waals surface area (Å²) in [5.41, 5.74) is 1.33. The van der Waals surface area contributed by atoms with Crippen molar-refractivity contribution in [3.63, 3.8) is 0 Å². The highest BCUT2D eigenvalue weighted by Gasteiger charge is 2.44. The molecule has 0 N–H and O–H groups in total. The standard InChI is InChI=1S/C29H25F3N4O3/c1-4-35-22-12-11-19(29(30,31)32)15-23(22)36(20-8-6-5-7-9-20)28(38)26(27(35)37)21-14-18(10-13-25(21)39-3)24-16-33-17-34(24)2/h5-17,26H,4H2,1-3H3. The van der Waals surface area contributed by atoms with Crippen LogP contribution in [0.2, 0.25) is 0 Å². The minimum Gasteiger partial charge on any atom is -0.496 e. The molecule has 0 radical (unpaired) electrons. The maximum atomic E-state index is 14.4. The molecule has 3 aromatic carbocycles. The van der Waals surface area contributed by atoms with Gasteiger partial charge >= 0.3 is 6.18 Å². The van der Waals surface area contributed by atoms with Crippen molar-refractivity contribution >= 4 is 28.9 Å². The Kier molecular flexibility index (Phi) is 6.63. The molecule has 0 saturated heterocycles. The third-order valence-electron chi connectivity index (χ3n) is 6.80. The van der Waals surface area contributed by atoms with E-state index in [4.69, 9.17) is 4.74 Å². The van der Waals surface area contributed by atoms with E-state index in [1.54, 1.807) is 72.5 Å². The molecule has 200 valence electrons. The maximum Gasteiger partial charge on any atom is 0.416 e. The van der Waals surface area contributed by atoms with Crippen molar-refractivity contribution in [2.75, 3.05) is 23.5 Å². The largest absolute Gasteiger partial charge is 0.496 e. The zero-order chi connectivity index (χ0) is 27.9. The molecule has 5 rings (SSSR count). The molecular weight excluding hydrogens is 509 g/mol. The van der Waals surface area contributed by atoms with E-state index in [-0.39, 0.29) is 17.9 Å². The fourth-order valence-electron chi connectivity index (χ4n) is 4.93. The van der Waals surface area contributed by atoms with Crippen molar-refractivity contribution < 1.29 is 27.5 Å². The normalized spacial score (nSPS) is 15.8. The number of ether oxygens (including phenoxy) is 1. The zero-order valence-electron chi connectivity index (χ0n) is 21.4. The predicted molar refractivity (Wildman–Crippen MR) is 141 cm³/mol. The topological polar surface area (TPSA) is 67.7 Å². The summed E-state index contributed by atoms with van der Waals surface area (Å²) >= 11 is 0. The van der Waals surface area contributed by atoms with Crippen LogP contribution in [-0.4, -0.2) is 35.0 Å². The van der Waals surface area contributed by atoms with Crippen LogP contribution in [0.3, 0.4) is 0 Å². The fourth-order valence-corrected chi connectivity index (χ4v) is 4.93. The molecule has 39 heavy (non-hydrogen) atoms. The van der Waals surface area contributed by atoms with Gasteiger partial charge in [0.1, 0.15) is 11.7 Å². The number of amides is 2. The third-order valence-corrected chi connectivity index (χ3v) is 6.80. The Bertz CT molecular complexity index is 1550. The van der Waals surface area contributed by atoms with Gasteiger partial charge in [-0.2, -0.15) is 13.2 Å². The molecule has 0 bridgehead atoms. The second-order valence-electron chi connectivity index (χ2n) is 9.07. The summed E-state index contributed by atoms with van der Waals surface area (Å²) in [6.07, 6.45) is -1.36. The van der Waals surface area contributed by atoms with E-state index in [2.05, 4.69) is 4.98 Å². The Morgan fingerprint density at radius 1 is 0.949 bits per heavy atom. The van der Waals surface area contributed by atoms with E-state index in [0.717, 1.165) is 17.8 Å².